The zero-order valence-electron chi connectivity index (χ0n) is 10.9. The maximum Gasteiger partial charge on any atom is 0.184 e. The molecule has 2 heterocycles. The van der Waals surface area contributed by atoms with Crippen LogP contribution < -0.4 is 0 Å². The lowest BCUT2D eigenvalue weighted by molar-refractivity contribution is -0.312. The second-order valence-corrected chi connectivity index (χ2v) is 5.39. The Hall–Kier alpha value is -1.34. The summed E-state index contributed by atoms with van der Waals surface area (Å²) >= 11 is 6.06. The van der Waals surface area contributed by atoms with Gasteiger partial charge >= 0.3 is 0 Å². The van der Waals surface area contributed by atoms with Crippen LogP contribution in [0.25, 0.3) is 10.4 Å². The van der Waals surface area contributed by atoms with Gasteiger partial charge < -0.3 is 19.3 Å². The van der Waals surface area contributed by atoms with E-state index in [1.165, 1.54) is 0 Å². The number of nitrogens with zero attached hydrogens (tertiary/aromatic N) is 3. The fraction of sp³-hybridized carbons (Fsp3) is 0.538. The lowest BCUT2D eigenvalue weighted by atomic mass is 9.98. The van der Waals surface area contributed by atoms with Crippen LogP contribution in [0.4, 0.5) is 0 Å². The highest BCUT2D eigenvalue weighted by Gasteiger charge is 2.48. The molecule has 3 unspecified atom stereocenters. The summed E-state index contributed by atoms with van der Waals surface area (Å²) < 4.78 is 16.8. The van der Waals surface area contributed by atoms with Crippen LogP contribution in [-0.4, -0.2) is 41.6 Å². The number of benzene rings is 1. The number of azide groups is 1. The number of ether oxygens (including phenoxy) is 3. The van der Waals surface area contributed by atoms with Crippen molar-refractivity contribution >= 4 is 11.6 Å². The van der Waals surface area contributed by atoms with Crippen molar-refractivity contribution in [1.82, 2.24) is 0 Å². The van der Waals surface area contributed by atoms with Gasteiger partial charge in [0, 0.05) is 10.5 Å². The highest BCUT2D eigenvalue weighted by molar-refractivity contribution is 6.21. The second kappa shape index (κ2) is 6.19. The Morgan fingerprint density at radius 1 is 1.29 bits per heavy atom. The number of halogens is 1. The molecule has 2 aliphatic rings. The largest absolute Gasteiger partial charge is 0.367 e. The third kappa shape index (κ3) is 2.85. The summed E-state index contributed by atoms with van der Waals surface area (Å²) in [6, 6.07) is 8.69. The molecule has 2 saturated heterocycles. The molecule has 0 aromatic heterocycles. The summed E-state index contributed by atoms with van der Waals surface area (Å²) in [5, 5.41) is 12.5. The van der Waals surface area contributed by atoms with E-state index in [1.54, 1.807) is 0 Å². The van der Waals surface area contributed by atoms with Gasteiger partial charge in [-0.1, -0.05) is 35.4 Å². The van der Waals surface area contributed by atoms with Crippen molar-refractivity contribution in [1.29, 1.82) is 0 Å². The van der Waals surface area contributed by atoms with Crippen molar-refractivity contribution in [3.8, 4) is 0 Å². The molecular formula is C13H14ClN3O4. The lowest BCUT2D eigenvalue weighted by Crippen LogP contribution is -2.59. The summed E-state index contributed by atoms with van der Waals surface area (Å²) in [6.07, 6.45) is -2.88. The van der Waals surface area contributed by atoms with Gasteiger partial charge in [0.05, 0.1) is 24.1 Å². The van der Waals surface area contributed by atoms with Crippen LogP contribution in [0, 0.1) is 0 Å². The van der Waals surface area contributed by atoms with Gasteiger partial charge in [-0.3, -0.25) is 0 Å². The third-order valence-corrected chi connectivity index (χ3v) is 4.04. The van der Waals surface area contributed by atoms with Crippen LogP contribution in [0.2, 0.25) is 0 Å². The summed E-state index contributed by atoms with van der Waals surface area (Å²) in [4.78, 5) is 2.79. The summed E-state index contributed by atoms with van der Waals surface area (Å²) in [5.41, 5.74) is 9.54. The number of aliphatic hydroxyl groups is 1. The van der Waals surface area contributed by atoms with E-state index in [2.05, 4.69) is 10.0 Å². The average molecular weight is 312 g/mol. The van der Waals surface area contributed by atoms with Crippen LogP contribution in [-0.2, 0) is 14.2 Å². The van der Waals surface area contributed by atoms with Gasteiger partial charge in [0.2, 0.25) is 0 Å². The lowest BCUT2D eigenvalue weighted by Gasteiger charge is -2.45. The molecular weight excluding hydrogens is 298 g/mol. The topological polar surface area (TPSA) is 96.7 Å². The van der Waals surface area contributed by atoms with E-state index < -0.39 is 36.2 Å². The molecule has 0 aliphatic carbocycles. The van der Waals surface area contributed by atoms with Crippen molar-refractivity contribution < 1.29 is 19.3 Å². The van der Waals surface area contributed by atoms with Crippen LogP contribution in [0.15, 0.2) is 35.4 Å². The summed E-state index contributed by atoms with van der Waals surface area (Å²) in [6.45, 7) is 0.225. The molecule has 8 heteroatoms. The molecule has 1 aromatic carbocycles. The van der Waals surface area contributed by atoms with Gasteiger partial charge in [-0.2, -0.15) is 0 Å². The van der Waals surface area contributed by atoms with Crippen molar-refractivity contribution in [3.05, 3.63) is 46.3 Å². The van der Waals surface area contributed by atoms with E-state index in [4.69, 9.17) is 31.3 Å². The van der Waals surface area contributed by atoms with Gasteiger partial charge in [-0.15, -0.1) is 11.6 Å². The number of rotatable bonds is 2. The normalized spacial score (nSPS) is 39.1. The molecule has 1 aromatic rings. The van der Waals surface area contributed by atoms with E-state index in [-0.39, 0.29) is 6.61 Å². The predicted molar refractivity (Wildman–Crippen MR) is 73.5 cm³/mol. The van der Waals surface area contributed by atoms with Gasteiger partial charge in [-0.25, -0.2) is 0 Å². The maximum atomic E-state index is 9.75. The van der Waals surface area contributed by atoms with Crippen molar-refractivity contribution in [3.63, 3.8) is 0 Å². The van der Waals surface area contributed by atoms with Gasteiger partial charge in [0.25, 0.3) is 0 Å². The minimum atomic E-state index is -1.22. The zero-order valence-corrected chi connectivity index (χ0v) is 11.7. The molecule has 0 amide bonds. The third-order valence-electron chi connectivity index (χ3n) is 3.57. The molecule has 0 saturated carbocycles. The molecule has 0 radical (unpaired) electrons. The predicted octanol–water partition coefficient (Wildman–Crippen LogP) is 2.10. The number of hydrogen-bond donors (Lipinski definition) is 1. The number of hydrogen-bond acceptors (Lipinski definition) is 5. The Bertz CT molecular complexity index is 539. The maximum absolute atomic E-state index is 9.75. The van der Waals surface area contributed by atoms with Gasteiger partial charge in [0.15, 0.2) is 12.6 Å². The highest BCUT2D eigenvalue weighted by Crippen LogP contribution is 2.36. The summed E-state index contributed by atoms with van der Waals surface area (Å²) in [5.74, 6) is 0. The van der Waals surface area contributed by atoms with Gasteiger partial charge in [0.1, 0.15) is 6.10 Å². The highest BCUT2D eigenvalue weighted by atomic mass is 35.5. The first-order valence-corrected chi connectivity index (χ1v) is 6.98. The first kappa shape index (κ1) is 14.6. The standard InChI is InChI=1S/C13H14ClN3O4/c14-9-10(16-17-15)11-8(20-12(9)18)6-19-13(21-11)7-4-2-1-3-5-7/h1-5,8-13,18H,6H2/t8-,9?,10?,11-,12?,13-/m1/s1. The number of alkyl halides is 1. The first-order chi connectivity index (χ1) is 10.2. The summed E-state index contributed by atoms with van der Waals surface area (Å²) in [7, 11) is 0. The number of fused-ring (bicyclic) bond motifs is 1. The van der Waals surface area contributed by atoms with Gasteiger partial charge in [-0.05, 0) is 5.53 Å². The second-order valence-electron chi connectivity index (χ2n) is 4.88. The van der Waals surface area contributed by atoms with Crippen molar-refractivity contribution in [2.24, 2.45) is 5.11 Å². The molecule has 7 nitrogen and oxygen atoms in total. The first-order valence-electron chi connectivity index (χ1n) is 6.54. The van der Waals surface area contributed by atoms with Crippen molar-refractivity contribution in [2.75, 3.05) is 6.61 Å². The van der Waals surface area contributed by atoms with E-state index in [0.29, 0.717) is 0 Å². The molecule has 0 bridgehead atoms. The quantitative estimate of drug-likeness (QED) is 0.391. The van der Waals surface area contributed by atoms with Crippen LogP contribution in [0.3, 0.4) is 0 Å². The molecule has 112 valence electrons. The number of aliphatic hydroxyl groups excluding tert-OH is 1. The average Bonchev–Trinajstić information content (AvgIpc) is 2.52. The Kier molecular flexibility index (Phi) is 4.30. The van der Waals surface area contributed by atoms with E-state index in [0.717, 1.165) is 5.56 Å². The van der Waals surface area contributed by atoms with E-state index in [9.17, 15) is 5.11 Å². The Morgan fingerprint density at radius 3 is 2.76 bits per heavy atom. The molecule has 6 atom stereocenters. The van der Waals surface area contributed by atoms with Crippen molar-refractivity contribution in [2.45, 2.75) is 36.2 Å². The SMILES string of the molecule is [N-]=[N+]=NC1C(Cl)C(O)O[C@@H]2CO[C@@H](c3ccccc3)O[C@@H]12. The smallest absolute Gasteiger partial charge is 0.184 e. The Labute approximate surface area is 126 Å². The molecule has 2 aliphatic heterocycles. The molecule has 3 rings (SSSR count). The molecule has 2 fully saturated rings. The minimum Gasteiger partial charge on any atom is -0.367 e. The molecule has 21 heavy (non-hydrogen) atoms. The van der Waals surface area contributed by atoms with Crippen LogP contribution in [0.1, 0.15) is 11.9 Å². The van der Waals surface area contributed by atoms with E-state index >= 15 is 0 Å². The Morgan fingerprint density at radius 2 is 2.05 bits per heavy atom. The van der Waals surface area contributed by atoms with E-state index in [1.807, 2.05) is 30.3 Å². The molecule has 0 spiro atoms. The monoisotopic (exact) mass is 311 g/mol. The van der Waals surface area contributed by atoms with Crippen LogP contribution in [0.5, 0.6) is 0 Å². The fourth-order valence-corrected chi connectivity index (χ4v) is 2.80. The zero-order chi connectivity index (χ0) is 14.8. The minimum absolute atomic E-state index is 0.225. The molecule has 1 N–H and O–H groups in total. The van der Waals surface area contributed by atoms with Crippen LogP contribution >= 0.6 is 11.6 Å². The Balaban J connectivity index is 1.82. The fourth-order valence-electron chi connectivity index (χ4n) is 2.54.